The van der Waals surface area contributed by atoms with Gasteiger partial charge in [0.05, 0.1) is 0 Å². The number of carbonyl (C=O) groups is 1. The van der Waals surface area contributed by atoms with Crippen molar-refractivity contribution in [3.8, 4) is 11.1 Å². The molecule has 0 aromatic heterocycles. The van der Waals surface area contributed by atoms with E-state index in [1.165, 1.54) is 17.3 Å². The van der Waals surface area contributed by atoms with E-state index in [-0.39, 0.29) is 10.5 Å². The quantitative estimate of drug-likeness (QED) is 0.378. The molecule has 0 radical (unpaired) electrons. The lowest BCUT2D eigenvalue weighted by Gasteiger charge is -2.26. The summed E-state index contributed by atoms with van der Waals surface area (Å²) in [5.74, 6) is 0. The maximum absolute atomic E-state index is 13.1. The molecule has 0 aliphatic heterocycles. The Morgan fingerprint density at radius 3 is 2.10 bits per heavy atom. The molecule has 0 N–H and O–H groups in total. The number of benzene rings is 3. The lowest BCUT2D eigenvalue weighted by molar-refractivity contribution is 0.108. The van der Waals surface area contributed by atoms with Crippen LogP contribution >= 0.6 is 35.0 Å². The van der Waals surface area contributed by atoms with Gasteiger partial charge in [-0.15, -0.1) is 0 Å². The topological polar surface area (TPSA) is 17.1 Å². The van der Waals surface area contributed by atoms with E-state index in [1.807, 2.05) is 24.3 Å². The summed E-state index contributed by atoms with van der Waals surface area (Å²) in [6.45, 7) is 10.8. The Labute approximate surface area is 187 Å². The van der Waals surface area contributed by atoms with E-state index in [9.17, 15) is 4.79 Å². The molecule has 3 rings (SSSR count). The molecule has 0 spiro atoms. The van der Waals surface area contributed by atoms with Crippen molar-refractivity contribution < 1.29 is 4.79 Å². The Bertz CT molecular complexity index is 1080. The van der Waals surface area contributed by atoms with Crippen LogP contribution in [0.25, 0.3) is 11.1 Å². The number of halogens is 2. The van der Waals surface area contributed by atoms with Gasteiger partial charge >= 0.3 is 0 Å². The summed E-state index contributed by atoms with van der Waals surface area (Å²) in [6, 6.07) is 17.1. The van der Waals surface area contributed by atoms with Crippen LogP contribution in [0.15, 0.2) is 59.5 Å². The van der Waals surface area contributed by atoms with Crippen LogP contribution in [0.1, 0.15) is 47.8 Å². The fourth-order valence-electron chi connectivity index (χ4n) is 3.56. The van der Waals surface area contributed by atoms with E-state index in [1.54, 1.807) is 24.3 Å². The van der Waals surface area contributed by atoms with Gasteiger partial charge in [-0.1, -0.05) is 74.3 Å². The van der Waals surface area contributed by atoms with E-state index >= 15 is 0 Å². The van der Waals surface area contributed by atoms with Crippen molar-refractivity contribution in [2.24, 2.45) is 0 Å². The average Bonchev–Trinajstić information content (AvgIpc) is 2.63. The largest absolute Gasteiger partial charge is 0.281 e. The normalized spacial score (nSPS) is 11.6. The minimum Gasteiger partial charge on any atom is -0.281 e. The summed E-state index contributed by atoms with van der Waals surface area (Å²) >= 11 is 13.6. The van der Waals surface area contributed by atoms with E-state index in [0.29, 0.717) is 15.6 Å². The molecule has 3 aromatic carbocycles. The number of aryl methyl sites for hydroxylation is 1. The van der Waals surface area contributed by atoms with Crippen molar-refractivity contribution >= 4 is 40.1 Å². The van der Waals surface area contributed by atoms with E-state index in [2.05, 4.69) is 40.7 Å². The van der Waals surface area contributed by atoms with Crippen LogP contribution in [-0.2, 0) is 5.41 Å². The molecule has 1 nitrogen and oxygen atoms in total. The fourth-order valence-corrected chi connectivity index (χ4v) is 5.02. The first kappa shape index (κ1) is 22.0. The molecule has 0 bridgehead atoms. The highest BCUT2D eigenvalue weighted by molar-refractivity contribution is 8.14. The molecule has 0 fully saturated rings. The minimum absolute atomic E-state index is 0.0238. The average molecular weight is 443 g/mol. The molecule has 0 saturated carbocycles. The highest BCUT2D eigenvalue weighted by Gasteiger charge is 2.24. The van der Waals surface area contributed by atoms with Crippen LogP contribution < -0.4 is 0 Å². The van der Waals surface area contributed by atoms with Crippen LogP contribution in [0.3, 0.4) is 0 Å². The second-order valence-corrected chi connectivity index (χ2v) is 10.1. The van der Waals surface area contributed by atoms with Gasteiger partial charge in [-0.05, 0) is 83.1 Å². The summed E-state index contributed by atoms with van der Waals surface area (Å²) in [7, 11) is 0. The molecule has 0 aliphatic rings. The standard InChI is InChI=1S/C25H24Cl2OS/c1-15-12-21(25(3,4)5)16(2)23(22(15)17-8-6-10-19(26)13-17)29-24(28)18-9-7-11-20(27)14-18/h6-14H,1-5H3. The van der Waals surface area contributed by atoms with E-state index in [4.69, 9.17) is 23.2 Å². The van der Waals surface area contributed by atoms with Crippen molar-refractivity contribution in [1.29, 1.82) is 0 Å². The predicted octanol–water partition coefficient (Wildman–Crippen LogP) is 8.51. The Morgan fingerprint density at radius 1 is 0.897 bits per heavy atom. The smallest absolute Gasteiger partial charge is 0.224 e. The lowest BCUT2D eigenvalue weighted by Crippen LogP contribution is -2.15. The van der Waals surface area contributed by atoms with Gasteiger partial charge in [-0.3, -0.25) is 4.79 Å². The molecular formula is C25H24Cl2OS. The van der Waals surface area contributed by atoms with E-state index < -0.39 is 0 Å². The van der Waals surface area contributed by atoms with Gasteiger partial charge in [-0.25, -0.2) is 0 Å². The third kappa shape index (κ3) is 4.88. The van der Waals surface area contributed by atoms with E-state index in [0.717, 1.165) is 27.1 Å². The van der Waals surface area contributed by atoms with Gasteiger partial charge in [0.25, 0.3) is 0 Å². The third-order valence-electron chi connectivity index (χ3n) is 4.90. The summed E-state index contributed by atoms with van der Waals surface area (Å²) in [5, 5.41) is 1.21. The minimum atomic E-state index is -0.0316. The SMILES string of the molecule is Cc1cc(C(C)(C)C)c(C)c(SC(=O)c2cccc(Cl)c2)c1-c1cccc(Cl)c1. The molecule has 3 aromatic rings. The third-order valence-corrected chi connectivity index (χ3v) is 6.51. The zero-order valence-corrected chi connectivity index (χ0v) is 19.6. The summed E-state index contributed by atoms with van der Waals surface area (Å²) in [5.41, 5.74) is 6.12. The second kappa shape index (κ2) is 8.55. The van der Waals surface area contributed by atoms with Crippen molar-refractivity contribution in [3.05, 3.63) is 86.9 Å². The Morgan fingerprint density at radius 2 is 1.52 bits per heavy atom. The summed E-state index contributed by atoms with van der Waals surface area (Å²) < 4.78 is 0. The van der Waals surface area contributed by atoms with Crippen LogP contribution in [0.2, 0.25) is 10.0 Å². The lowest BCUT2D eigenvalue weighted by atomic mass is 9.81. The van der Waals surface area contributed by atoms with Crippen molar-refractivity contribution in [2.45, 2.75) is 44.9 Å². The zero-order chi connectivity index (χ0) is 21.3. The number of hydrogen-bond donors (Lipinski definition) is 0. The fraction of sp³-hybridized carbons (Fsp3) is 0.240. The highest BCUT2D eigenvalue weighted by atomic mass is 35.5. The first-order valence-electron chi connectivity index (χ1n) is 9.46. The van der Waals surface area contributed by atoms with Crippen LogP contribution in [0.4, 0.5) is 0 Å². The Kier molecular flexibility index (Phi) is 6.48. The first-order valence-corrected chi connectivity index (χ1v) is 11.0. The molecule has 29 heavy (non-hydrogen) atoms. The molecule has 0 aliphatic carbocycles. The monoisotopic (exact) mass is 442 g/mol. The molecule has 150 valence electrons. The predicted molar refractivity (Wildman–Crippen MR) is 127 cm³/mol. The van der Waals surface area contributed by atoms with Gasteiger partial charge in [0.15, 0.2) is 0 Å². The maximum Gasteiger partial charge on any atom is 0.224 e. The van der Waals surface area contributed by atoms with Crippen LogP contribution in [-0.4, -0.2) is 5.12 Å². The molecule has 0 unspecified atom stereocenters. The van der Waals surface area contributed by atoms with Crippen molar-refractivity contribution in [1.82, 2.24) is 0 Å². The van der Waals surface area contributed by atoms with Gasteiger partial charge in [0.2, 0.25) is 5.12 Å². The van der Waals surface area contributed by atoms with Gasteiger partial charge in [0, 0.05) is 20.5 Å². The van der Waals surface area contributed by atoms with Gasteiger partial charge < -0.3 is 0 Å². The van der Waals surface area contributed by atoms with Crippen molar-refractivity contribution in [2.75, 3.05) is 0 Å². The number of carbonyl (C=O) groups excluding carboxylic acids is 1. The Hall–Kier alpha value is -1.74. The molecule has 4 heteroatoms. The summed E-state index contributed by atoms with van der Waals surface area (Å²) in [6.07, 6.45) is 0. The van der Waals surface area contributed by atoms with Crippen LogP contribution in [0.5, 0.6) is 0 Å². The highest BCUT2D eigenvalue weighted by Crippen LogP contribution is 2.43. The number of hydrogen-bond acceptors (Lipinski definition) is 2. The zero-order valence-electron chi connectivity index (χ0n) is 17.3. The number of thioether (sulfide) groups is 1. The molecular weight excluding hydrogens is 419 g/mol. The molecule has 0 atom stereocenters. The second-order valence-electron chi connectivity index (χ2n) is 8.23. The number of rotatable bonds is 3. The maximum atomic E-state index is 13.1. The first-order chi connectivity index (χ1) is 13.6. The Balaban J connectivity index is 2.21. The van der Waals surface area contributed by atoms with Crippen molar-refractivity contribution in [3.63, 3.8) is 0 Å². The molecule has 0 saturated heterocycles. The summed E-state index contributed by atoms with van der Waals surface area (Å²) in [4.78, 5) is 14.1. The molecule has 0 heterocycles. The molecule has 0 amide bonds. The van der Waals surface area contributed by atoms with Gasteiger partial charge in [-0.2, -0.15) is 0 Å². The van der Waals surface area contributed by atoms with Gasteiger partial charge in [0.1, 0.15) is 0 Å². The van der Waals surface area contributed by atoms with Crippen LogP contribution in [0, 0.1) is 13.8 Å².